The molecular formula is C33H50O3Si. The van der Waals surface area contributed by atoms with Crippen molar-refractivity contribution in [3.8, 4) is 0 Å². The van der Waals surface area contributed by atoms with Gasteiger partial charge in [-0.05, 0) is 110 Å². The summed E-state index contributed by atoms with van der Waals surface area (Å²) in [5, 5.41) is 0.318. The Labute approximate surface area is 227 Å². The van der Waals surface area contributed by atoms with E-state index < -0.39 is 9.76 Å². The van der Waals surface area contributed by atoms with Gasteiger partial charge in [-0.25, -0.2) is 0 Å². The molecule has 4 aliphatic carbocycles. The van der Waals surface area contributed by atoms with E-state index in [-0.39, 0.29) is 16.9 Å². The zero-order chi connectivity index (χ0) is 26.8. The summed E-state index contributed by atoms with van der Waals surface area (Å²) >= 11 is 0. The summed E-state index contributed by atoms with van der Waals surface area (Å²) in [6, 6.07) is 7.87. The molecule has 4 heteroatoms. The molecule has 8 atom stereocenters. The first-order chi connectivity index (χ1) is 17.3. The first-order valence-electron chi connectivity index (χ1n) is 15.0. The van der Waals surface area contributed by atoms with Gasteiger partial charge in [0.2, 0.25) is 0 Å². The van der Waals surface area contributed by atoms with Crippen LogP contribution < -0.4 is 0 Å². The van der Waals surface area contributed by atoms with Crippen molar-refractivity contribution in [1.82, 2.24) is 0 Å². The van der Waals surface area contributed by atoms with Crippen molar-refractivity contribution in [2.24, 2.45) is 40.4 Å². The number of fused-ring (bicyclic) bond motifs is 5. The third-order valence-corrected chi connectivity index (χ3v) is 13.5. The molecule has 4 fully saturated rings. The monoisotopic (exact) mass is 522 g/mol. The van der Waals surface area contributed by atoms with Gasteiger partial charge in [0.05, 0.1) is 5.60 Å². The second kappa shape index (κ2) is 9.43. The van der Waals surface area contributed by atoms with Gasteiger partial charge in [0, 0.05) is 17.9 Å². The Bertz CT molecular complexity index is 1040. The molecule has 0 bridgehead atoms. The largest absolute Gasteiger partial charge is 0.418 e. The molecule has 4 saturated carbocycles. The van der Waals surface area contributed by atoms with Gasteiger partial charge in [0.1, 0.15) is 12.1 Å². The SMILES string of the molecule is CC(C)(C)[SiH2]OC(C)(C)C1CC[C@H]2[C@@H]3CCC4C(c5ccccc5C=O)C(=O)CC[C@]4(C)[C@@H]3CC[C@]12C. The van der Waals surface area contributed by atoms with E-state index in [0.717, 1.165) is 36.5 Å². The molecule has 204 valence electrons. The van der Waals surface area contributed by atoms with Crippen LogP contribution >= 0.6 is 0 Å². The Balaban J connectivity index is 1.41. The lowest BCUT2D eigenvalue weighted by atomic mass is 9.42. The zero-order valence-corrected chi connectivity index (χ0v) is 25.9. The first kappa shape index (κ1) is 27.3. The number of Topliss-reactive ketones (excluding diaryl/α,β-unsaturated/α-hetero) is 1. The number of rotatable bonds is 5. The highest BCUT2D eigenvalue weighted by atomic mass is 28.2. The molecule has 0 radical (unpaired) electrons. The summed E-state index contributed by atoms with van der Waals surface area (Å²) in [5.41, 5.74) is 2.19. The summed E-state index contributed by atoms with van der Waals surface area (Å²) < 4.78 is 6.80. The van der Waals surface area contributed by atoms with Crippen LogP contribution in [0.25, 0.3) is 0 Å². The lowest BCUT2D eigenvalue weighted by Crippen LogP contribution is -2.56. The molecule has 1 aromatic rings. The van der Waals surface area contributed by atoms with Gasteiger partial charge in [0.15, 0.2) is 9.76 Å². The number of hydrogen-bond donors (Lipinski definition) is 0. The molecular weight excluding hydrogens is 472 g/mol. The molecule has 5 rings (SSSR count). The molecule has 0 heterocycles. The normalized spacial score (nSPS) is 40.4. The molecule has 1 aromatic carbocycles. The Hall–Kier alpha value is -1.26. The fourth-order valence-electron chi connectivity index (χ4n) is 10.1. The van der Waals surface area contributed by atoms with Gasteiger partial charge in [-0.1, -0.05) is 58.9 Å². The van der Waals surface area contributed by atoms with Gasteiger partial charge in [-0.2, -0.15) is 0 Å². The molecule has 37 heavy (non-hydrogen) atoms. The maximum Gasteiger partial charge on any atom is 0.167 e. The van der Waals surface area contributed by atoms with Crippen molar-refractivity contribution in [3.63, 3.8) is 0 Å². The molecule has 3 nitrogen and oxygen atoms in total. The van der Waals surface area contributed by atoms with Crippen LogP contribution in [-0.2, 0) is 9.22 Å². The smallest absolute Gasteiger partial charge is 0.167 e. The summed E-state index contributed by atoms with van der Waals surface area (Å²) in [6.07, 6.45) is 10.2. The zero-order valence-electron chi connectivity index (χ0n) is 24.4. The van der Waals surface area contributed by atoms with Crippen molar-refractivity contribution in [2.75, 3.05) is 0 Å². The van der Waals surface area contributed by atoms with E-state index in [1.54, 1.807) is 0 Å². The van der Waals surface area contributed by atoms with Crippen LogP contribution in [0.3, 0.4) is 0 Å². The van der Waals surface area contributed by atoms with Crippen molar-refractivity contribution >= 4 is 21.8 Å². The molecule has 0 amide bonds. The maximum atomic E-state index is 13.4. The topological polar surface area (TPSA) is 43.4 Å². The number of hydrogen-bond acceptors (Lipinski definition) is 3. The van der Waals surface area contributed by atoms with E-state index in [9.17, 15) is 9.59 Å². The average Bonchev–Trinajstić information content (AvgIpc) is 3.21. The lowest BCUT2D eigenvalue weighted by molar-refractivity contribution is -0.148. The van der Waals surface area contributed by atoms with Crippen molar-refractivity contribution < 1.29 is 14.0 Å². The fraction of sp³-hybridized carbons (Fsp3) is 0.758. The average molecular weight is 523 g/mol. The van der Waals surface area contributed by atoms with Gasteiger partial charge >= 0.3 is 0 Å². The number of carbonyl (C=O) groups excluding carboxylic acids is 2. The van der Waals surface area contributed by atoms with Gasteiger partial charge in [0.25, 0.3) is 0 Å². The quantitative estimate of drug-likeness (QED) is 0.297. The van der Waals surface area contributed by atoms with Crippen LogP contribution in [0.1, 0.15) is 122 Å². The third kappa shape index (κ3) is 4.52. The van der Waals surface area contributed by atoms with E-state index in [1.165, 1.54) is 32.1 Å². The molecule has 4 aliphatic rings. The standard InChI is InChI=1S/C33H50O3Si/c1-30(2,3)37-36-31(4,5)28-15-14-24-23-12-13-26-29(22-11-9-8-10-21(22)20-34)27(35)17-19-32(26,6)25(23)16-18-33(24,28)7/h8-11,20,23-26,28-29H,12-19,37H2,1-7H3/t23-,24-,25+,26?,28?,29?,32+,33-/m0/s1. The lowest BCUT2D eigenvalue weighted by Gasteiger charge is -2.62. The second-order valence-corrected chi connectivity index (χ2v) is 18.1. The van der Waals surface area contributed by atoms with E-state index in [0.29, 0.717) is 46.0 Å². The summed E-state index contributed by atoms with van der Waals surface area (Å²) in [7, 11) is -0.595. The summed E-state index contributed by atoms with van der Waals surface area (Å²) in [6.45, 7) is 16.9. The molecule has 3 unspecified atom stereocenters. The number of ketones is 1. The van der Waals surface area contributed by atoms with Crippen LogP contribution in [0, 0.1) is 40.4 Å². The molecule has 0 aromatic heterocycles. The third-order valence-electron chi connectivity index (χ3n) is 11.8. The highest BCUT2D eigenvalue weighted by molar-refractivity contribution is 6.31. The van der Waals surface area contributed by atoms with Gasteiger partial charge in [-0.15, -0.1) is 0 Å². The second-order valence-electron chi connectivity index (χ2n) is 15.4. The van der Waals surface area contributed by atoms with Crippen molar-refractivity contribution in [3.05, 3.63) is 35.4 Å². The molecule has 0 aliphatic heterocycles. The number of benzene rings is 1. The Morgan fingerprint density at radius 3 is 2.27 bits per heavy atom. The minimum absolute atomic E-state index is 0.0438. The van der Waals surface area contributed by atoms with E-state index in [1.807, 2.05) is 24.3 Å². The van der Waals surface area contributed by atoms with Crippen LogP contribution in [0.15, 0.2) is 24.3 Å². The van der Waals surface area contributed by atoms with Crippen molar-refractivity contribution in [1.29, 1.82) is 0 Å². The van der Waals surface area contributed by atoms with Gasteiger partial charge in [-0.3, -0.25) is 9.59 Å². The molecule has 0 spiro atoms. The molecule has 0 saturated heterocycles. The Kier molecular flexibility index (Phi) is 6.96. The summed E-state index contributed by atoms with van der Waals surface area (Å²) in [4.78, 5) is 25.3. The predicted molar refractivity (Wildman–Crippen MR) is 154 cm³/mol. The van der Waals surface area contributed by atoms with Crippen molar-refractivity contribution in [2.45, 2.75) is 116 Å². The predicted octanol–water partition coefficient (Wildman–Crippen LogP) is 7.52. The molecule has 0 N–H and O–H groups in total. The van der Waals surface area contributed by atoms with E-state index in [4.69, 9.17) is 4.43 Å². The van der Waals surface area contributed by atoms with Crippen LogP contribution in [0.2, 0.25) is 5.04 Å². The van der Waals surface area contributed by atoms with E-state index >= 15 is 0 Å². The Morgan fingerprint density at radius 1 is 0.892 bits per heavy atom. The first-order valence-corrected chi connectivity index (χ1v) is 16.3. The number of aldehydes is 1. The van der Waals surface area contributed by atoms with E-state index in [2.05, 4.69) is 48.5 Å². The van der Waals surface area contributed by atoms with Crippen LogP contribution in [0.5, 0.6) is 0 Å². The highest BCUT2D eigenvalue weighted by Gasteiger charge is 2.63. The van der Waals surface area contributed by atoms with Crippen LogP contribution in [0.4, 0.5) is 0 Å². The minimum Gasteiger partial charge on any atom is -0.418 e. The maximum absolute atomic E-state index is 13.4. The highest BCUT2D eigenvalue weighted by Crippen LogP contribution is 2.69. The summed E-state index contributed by atoms with van der Waals surface area (Å²) in [5.74, 6) is 3.46. The minimum atomic E-state index is -0.595. The van der Waals surface area contributed by atoms with Crippen LogP contribution in [-0.4, -0.2) is 27.4 Å². The number of carbonyl (C=O) groups is 2. The van der Waals surface area contributed by atoms with Gasteiger partial charge < -0.3 is 4.43 Å². The fourth-order valence-corrected chi connectivity index (χ4v) is 11.1. The Morgan fingerprint density at radius 2 is 1.57 bits per heavy atom.